The summed E-state index contributed by atoms with van der Waals surface area (Å²) in [5.41, 5.74) is 0.534. The molecule has 16 heavy (non-hydrogen) atoms. The van der Waals surface area contributed by atoms with Gasteiger partial charge in [0.1, 0.15) is 4.34 Å². The second-order valence-electron chi connectivity index (χ2n) is 3.80. The Kier molecular flexibility index (Phi) is 4.16. The van der Waals surface area contributed by atoms with Gasteiger partial charge in [-0.2, -0.15) is 0 Å². The molecule has 1 atom stereocenters. The molecule has 1 aromatic heterocycles. The second-order valence-corrected chi connectivity index (χ2v) is 6.73. The second kappa shape index (κ2) is 5.25. The van der Waals surface area contributed by atoms with Gasteiger partial charge in [0.2, 0.25) is 0 Å². The summed E-state index contributed by atoms with van der Waals surface area (Å²) in [4.78, 5) is 14.0. The summed E-state index contributed by atoms with van der Waals surface area (Å²) >= 11 is 16.5. The van der Waals surface area contributed by atoms with E-state index in [1.165, 1.54) is 11.3 Å². The molecule has 6 heteroatoms. The van der Waals surface area contributed by atoms with E-state index in [0.29, 0.717) is 20.2 Å². The molecule has 2 rings (SSSR count). The zero-order valence-electron chi connectivity index (χ0n) is 8.38. The first-order valence-corrected chi connectivity index (χ1v) is 7.61. The summed E-state index contributed by atoms with van der Waals surface area (Å²) in [6, 6.07) is 1.65. The van der Waals surface area contributed by atoms with Crippen LogP contribution in [0.25, 0.3) is 0 Å². The third-order valence-corrected chi connectivity index (χ3v) is 5.08. The minimum absolute atomic E-state index is 0.00315. The van der Waals surface area contributed by atoms with Crippen molar-refractivity contribution in [3.63, 3.8) is 0 Å². The maximum absolute atomic E-state index is 12.1. The molecule has 0 N–H and O–H groups in total. The van der Waals surface area contributed by atoms with Crippen LogP contribution < -0.4 is 0 Å². The van der Waals surface area contributed by atoms with Gasteiger partial charge < -0.3 is 4.90 Å². The summed E-state index contributed by atoms with van der Waals surface area (Å²) in [6.45, 7) is 1.60. The van der Waals surface area contributed by atoms with Gasteiger partial charge in [-0.3, -0.25) is 4.79 Å². The number of halogens is 3. The lowest BCUT2D eigenvalue weighted by atomic mass is 10.2. The van der Waals surface area contributed by atoms with Gasteiger partial charge in [0.25, 0.3) is 5.91 Å². The Morgan fingerprint density at radius 1 is 1.62 bits per heavy atom. The monoisotopic (exact) mass is 341 g/mol. The lowest BCUT2D eigenvalue weighted by molar-refractivity contribution is 0.0789. The number of thiophene rings is 1. The van der Waals surface area contributed by atoms with Crippen LogP contribution in [0.1, 0.15) is 16.8 Å². The standard InChI is InChI=1S/C10H10BrCl2NOS/c11-4-6-1-2-14(5-6)10(15)7-3-8(12)16-9(7)13/h3,6H,1-2,4-5H2. The number of carbonyl (C=O) groups excluding carboxylic acids is 1. The van der Waals surface area contributed by atoms with Crippen LogP contribution in [0, 0.1) is 5.92 Å². The Morgan fingerprint density at radius 3 is 2.88 bits per heavy atom. The number of likely N-dealkylation sites (tertiary alicyclic amines) is 1. The molecule has 1 unspecified atom stereocenters. The molecule has 0 bridgehead atoms. The highest BCUT2D eigenvalue weighted by atomic mass is 79.9. The number of amides is 1. The number of carbonyl (C=O) groups is 1. The molecule has 1 aromatic rings. The van der Waals surface area contributed by atoms with Gasteiger partial charge >= 0.3 is 0 Å². The average molecular weight is 343 g/mol. The summed E-state index contributed by atoms with van der Waals surface area (Å²) in [7, 11) is 0. The Labute approximate surface area is 117 Å². The fourth-order valence-corrected chi connectivity index (χ4v) is 3.78. The van der Waals surface area contributed by atoms with Crippen LogP contribution in [0.15, 0.2) is 6.07 Å². The quantitative estimate of drug-likeness (QED) is 0.746. The van der Waals surface area contributed by atoms with E-state index in [1.807, 2.05) is 4.90 Å². The predicted octanol–water partition coefficient (Wildman–Crippen LogP) is 3.91. The SMILES string of the molecule is O=C(c1cc(Cl)sc1Cl)N1CCC(CBr)C1. The predicted molar refractivity (Wildman–Crippen MR) is 72.1 cm³/mol. The molecular weight excluding hydrogens is 333 g/mol. The molecule has 0 saturated carbocycles. The van der Waals surface area contributed by atoms with Crippen LogP contribution in [-0.4, -0.2) is 29.2 Å². The fourth-order valence-electron chi connectivity index (χ4n) is 1.80. The molecule has 1 aliphatic heterocycles. The van der Waals surface area contributed by atoms with Crippen molar-refractivity contribution in [2.45, 2.75) is 6.42 Å². The minimum atomic E-state index is -0.00315. The first kappa shape index (κ1) is 12.7. The van der Waals surface area contributed by atoms with E-state index in [4.69, 9.17) is 23.2 Å². The topological polar surface area (TPSA) is 20.3 Å². The Morgan fingerprint density at radius 2 is 2.38 bits per heavy atom. The van der Waals surface area contributed by atoms with Gasteiger partial charge in [-0.1, -0.05) is 39.1 Å². The number of nitrogens with zero attached hydrogens (tertiary/aromatic N) is 1. The Balaban J connectivity index is 2.11. The van der Waals surface area contributed by atoms with Crippen molar-refractivity contribution < 1.29 is 4.79 Å². The van der Waals surface area contributed by atoms with E-state index < -0.39 is 0 Å². The molecule has 0 radical (unpaired) electrons. The molecule has 88 valence electrons. The largest absolute Gasteiger partial charge is 0.338 e. The molecule has 2 heterocycles. The highest BCUT2D eigenvalue weighted by molar-refractivity contribution is 9.09. The van der Waals surface area contributed by atoms with Crippen molar-refractivity contribution in [3.8, 4) is 0 Å². The van der Waals surface area contributed by atoms with Crippen molar-refractivity contribution in [1.29, 1.82) is 0 Å². The Hall–Kier alpha value is 0.230. The highest BCUT2D eigenvalue weighted by Crippen LogP contribution is 2.33. The fraction of sp³-hybridized carbons (Fsp3) is 0.500. The number of hydrogen-bond acceptors (Lipinski definition) is 2. The van der Waals surface area contributed by atoms with E-state index in [-0.39, 0.29) is 5.91 Å². The third-order valence-electron chi connectivity index (χ3n) is 2.68. The van der Waals surface area contributed by atoms with Crippen LogP contribution in [-0.2, 0) is 0 Å². The van der Waals surface area contributed by atoms with E-state index in [9.17, 15) is 4.79 Å². The molecular formula is C10H10BrCl2NOS. The van der Waals surface area contributed by atoms with Gasteiger partial charge in [0.15, 0.2) is 0 Å². The zero-order chi connectivity index (χ0) is 11.7. The maximum atomic E-state index is 12.1. The molecule has 0 aliphatic carbocycles. The van der Waals surface area contributed by atoms with E-state index in [2.05, 4.69) is 15.9 Å². The number of hydrogen-bond donors (Lipinski definition) is 0. The number of rotatable bonds is 2. The van der Waals surface area contributed by atoms with Gasteiger partial charge in [-0.25, -0.2) is 0 Å². The lowest BCUT2D eigenvalue weighted by Gasteiger charge is -2.15. The smallest absolute Gasteiger partial charge is 0.256 e. The van der Waals surface area contributed by atoms with Gasteiger partial charge in [-0.05, 0) is 18.4 Å². The summed E-state index contributed by atoms with van der Waals surface area (Å²) in [5.74, 6) is 0.549. The number of alkyl halides is 1. The molecule has 1 aliphatic rings. The van der Waals surface area contributed by atoms with Gasteiger partial charge in [0, 0.05) is 18.4 Å². The van der Waals surface area contributed by atoms with Crippen LogP contribution >= 0.6 is 50.5 Å². The molecule has 1 saturated heterocycles. The van der Waals surface area contributed by atoms with Crippen molar-refractivity contribution in [2.24, 2.45) is 5.92 Å². The first-order chi connectivity index (χ1) is 7.61. The average Bonchev–Trinajstić information content (AvgIpc) is 2.84. The first-order valence-electron chi connectivity index (χ1n) is 4.92. The van der Waals surface area contributed by atoms with Gasteiger partial charge in [-0.15, -0.1) is 11.3 Å². The van der Waals surface area contributed by atoms with Crippen LogP contribution in [0.5, 0.6) is 0 Å². The van der Waals surface area contributed by atoms with Crippen molar-refractivity contribution >= 4 is 56.4 Å². The molecule has 1 amide bonds. The maximum Gasteiger partial charge on any atom is 0.256 e. The van der Waals surface area contributed by atoms with Crippen molar-refractivity contribution in [2.75, 3.05) is 18.4 Å². The summed E-state index contributed by atoms with van der Waals surface area (Å²) in [6.07, 6.45) is 1.05. The Bertz CT molecular complexity index is 410. The van der Waals surface area contributed by atoms with Crippen molar-refractivity contribution in [3.05, 3.63) is 20.3 Å². The molecule has 2 nitrogen and oxygen atoms in total. The summed E-state index contributed by atoms with van der Waals surface area (Å²) in [5, 5.41) is 0.939. The van der Waals surface area contributed by atoms with Crippen LogP contribution in [0.2, 0.25) is 8.67 Å². The summed E-state index contributed by atoms with van der Waals surface area (Å²) < 4.78 is 1.04. The molecule has 0 spiro atoms. The van der Waals surface area contributed by atoms with Crippen LogP contribution in [0.4, 0.5) is 0 Å². The highest BCUT2D eigenvalue weighted by Gasteiger charge is 2.28. The molecule has 0 aromatic carbocycles. The van der Waals surface area contributed by atoms with E-state index >= 15 is 0 Å². The third kappa shape index (κ3) is 2.55. The van der Waals surface area contributed by atoms with E-state index in [0.717, 1.165) is 24.8 Å². The molecule has 1 fully saturated rings. The van der Waals surface area contributed by atoms with Crippen molar-refractivity contribution in [1.82, 2.24) is 4.90 Å². The zero-order valence-corrected chi connectivity index (χ0v) is 12.3. The van der Waals surface area contributed by atoms with Crippen LogP contribution in [0.3, 0.4) is 0 Å². The van der Waals surface area contributed by atoms with Gasteiger partial charge in [0.05, 0.1) is 9.90 Å². The lowest BCUT2D eigenvalue weighted by Crippen LogP contribution is -2.28. The minimum Gasteiger partial charge on any atom is -0.338 e. The van der Waals surface area contributed by atoms with E-state index in [1.54, 1.807) is 6.07 Å². The normalized spacial score (nSPS) is 20.4.